The van der Waals surface area contributed by atoms with Crippen LogP contribution in [0.3, 0.4) is 0 Å². The van der Waals surface area contributed by atoms with E-state index in [0.717, 1.165) is 16.2 Å². The first-order chi connectivity index (χ1) is 21.5. The van der Waals surface area contributed by atoms with Crippen molar-refractivity contribution < 1.29 is 19.1 Å². The highest BCUT2D eigenvalue weighted by Crippen LogP contribution is 2.32. The summed E-state index contributed by atoms with van der Waals surface area (Å²) < 4.78 is 5.41. The van der Waals surface area contributed by atoms with Crippen LogP contribution < -0.4 is 20.7 Å². The van der Waals surface area contributed by atoms with Gasteiger partial charge in [-0.25, -0.2) is 4.98 Å². The lowest BCUT2D eigenvalue weighted by atomic mass is 10.1. The van der Waals surface area contributed by atoms with Crippen molar-refractivity contribution in [1.29, 1.82) is 0 Å². The van der Waals surface area contributed by atoms with Crippen molar-refractivity contribution in [3.63, 3.8) is 0 Å². The second-order valence-electron chi connectivity index (χ2n) is 9.22. The summed E-state index contributed by atoms with van der Waals surface area (Å²) in [6.45, 7) is 0. The van der Waals surface area contributed by atoms with Gasteiger partial charge >= 0.3 is 0 Å². The number of benzene rings is 3. The summed E-state index contributed by atoms with van der Waals surface area (Å²) >= 11 is 2.65. The zero-order chi connectivity index (χ0) is 30.7. The molecule has 0 spiro atoms. The van der Waals surface area contributed by atoms with Crippen molar-refractivity contribution >= 4 is 57.7 Å². The van der Waals surface area contributed by atoms with E-state index in [9.17, 15) is 14.4 Å². The molecule has 0 radical (unpaired) electrons. The van der Waals surface area contributed by atoms with E-state index in [2.05, 4.69) is 25.9 Å². The van der Waals surface area contributed by atoms with Gasteiger partial charge in [0.05, 0.1) is 18.6 Å². The smallest absolute Gasteiger partial charge is 0.272 e. The number of pyridine rings is 1. The number of ether oxygens (including phenoxy) is 1. The lowest BCUT2D eigenvalue weighted by Gasteiger charge is -2.12. The number of hydrogen-bond acceptors (Lipinski definition) is 8. The third kappa shape index (κ3) is 8.18. The average Bonchev–Trinajstić information content (AvgIpc) is 3.52. The number of carbonyl (C=O) groups excluding carboxylic acids is 3. The minimum atomic E-state index is -0.507. The van der Waals surface area contributed by atoms with E-state index in [4.69, 9.17) is 4.74 Å². The van der Waals surface area contributed by atoms with Crippen molar-refractivity contribution in [2.45, 2.75) is 4.90 Å². The molecule has 220 valence electrons. The summed E-state index contributed by atoms with van der Waals surface area (Å²) in [4.78, 5) is 48.2. The topological polar surface area (TPSA) is 122 Å². The van der Waals surface area contributed by atoms with E-state index in [1.54, 1.807) is 80.2 Å². The molecule has 3 amide bonds. The molecule has 0 unspecified atom stereocenters. The molecule has 5 rings (SSSR count). The number of aromatic nitrogens is 2. The van der Waals surface area contributed by atoms with E-state index < -0.39 is 11.8 Å². The van der Waals surface area contributed by atoms with Crippen LogP contribution in [0, 0.1) is 0 Å². The lowest BCUT2D eigenvalue weighted by molar-refractivity contribution is -0.114. The maximum Gasteiger partial charge on any atom is 0.272 e. The molecule has 3 aromatic carbocycles. The van der Waals surface area contributed by atoms with Crippen LogP contribution in [0.5, 0.6) is 5.75 Å². The fourth-order valence-electron chi connectivity index (χ4n) is 4.05. The number of hydrogen-bond donors (Lipinski definition) is 3. The van der Waals surface area contributed by atoms with Crippen molar-refractivity contribution in [3.8, 4) is 17.0 Å². The molecule has 0 aliphatic carbocycles. The molecule has 9 nitrogen and oxygen atoms in total. The van der Waals surface area contributed by atoms with Crippen LogP contribution in [-0.4, -0.2) is 40.6 Å². The number of carbonyl (C=O) groups is 3. The monoisotopic (exact) mass is 621 g/mol. The molecule has 0 saturated heterocycles. The van der Waals surface area contributed by atoms with Gasteiger partial charge in [0, 0.05) is 39.5 Å². The number of rotatable bonds is 11. The van der Waals surface area contributed by atoms with Crippen molar-refractivity contribution in [2.75, 3.05) is 23.5 Å². The van der Waals surface area contributed by atoms with Crippen molar-refractivity contribution in [3.05, 3.63) is 126 Å². The molecule has 0 aliphatic heterocycles. The molecule has 0 atom stereocenters. The van der Waals surface area contributed by atoms with Gasteiger partial charge in [0.2, 0.25) is 5.91 Å². The third-order valence-electron chi connectivity index (χ3n) is 6.12. The number of nitrogens with one attached hydrogen (secondary N) is 3. The van der Waals surface area contributed by atoms with Gasteiger partial charge in [-0.2, -0.15) is 0 Å². The van der Waals surface area contributed by atoms with Crippen LogP contribution in [-0.2, 0) is 9.59 Å². The van der Waals surface area contributed by atoms with Gasteiger partial charge < -0.3 is 20.7 Å². The summed E-state index contributed by atoms with van der Waals surface area (Å²) in [5, 5.41) is 10.7. The largest absolute Gasteiger partial charge is 0.496 e. The van der Waals surface area contributed by atoms with Gasteiger partial charge in [-0.1, -0.05) is 42.5 Å². The van der Waals surface area contributed by atoms with Crippen molar-refractivity contribution in [1.82, 2.24) is 15.3 Å². The highest BCUT2D eigenvalue weighted by Gasteiger charge is 2.16. The minimum Gasteiger partial charge on any atom is -0.496 e. The third-order valence-corrected chi connectivity index (χ3v) is 7.87. The summed E-state index contributed by atoms with van der Waals surface area (Å²) in [5.74, 6) is -0.290. The van der Waals surface area contributed by atoms with Crippen LogP contribution in [0.25, 0.3) is 17.3 Å². The van der Waals surface area contributed by atoms with Gasteiger partial charge in [0.25, 0.3) is 11.8 Å². The minimum absolute atomic E-state index is 0.0558. The molecule has 44 heavy (non-hydrogen) atoms. The number of para-hydroxylation sites is 1. The summed E-state index contributed by atoms with van der Waals surface area (Å²) in [7, 11) is 1.60. The van der Waals surface area contributed by atoms with E-state index in [0.29, 0.717) is 27.7 Å². The molecule has 11 heteroatoms. The standard InChI is InChI=1S/C33H27N5O4S2/c1-42-29-15-6-5-14-26(29)28-20-44-33(37-28)38-30(39)21-43-25-13-7-12-24(18-25)35-32(41)27(17-22-9-8-16-34-19-22)36-31(40)23-10-3-2-4-11-23/h2-20H,21H2,1H3,(H,35,41)(H,36,40)(H,37,38,39)/b27-17-. The number of nitrogens with zero attached hydrogens (tertiary/aromatic N) is 2. The van der Waals surface area contributed by atoms with Crippen LogP contribution >= 0.6 is 23.1 Å². The molecule has 0 bridgehead atoms. The molecular weight excluding hydrogens is 595 g/mol. The number of anilines is 2. The Morgan fingerprint density at radius 2 is 1.75 bits per heavy atom. The van der Waals surface area contributed by atoms with Crippen LogP contribution in [0.4, 0.5) is 10.8 Å². The second kappa shape index (κ2) is 14.8. The Morgan fingerprint density at radius 1 is 0.932 bits per heavy atom. The van der Waals surface area contributed by atoms with E-state index >= 15 is 0 Å². The van der Waals surface area contributed by atoms with E-state index in [1.807, 2.05) is 41.8 Å². The van der Waals surface area contributed by atoms with Crippen LogP contribution in [0.2, 0.25) is 0 Å². The van der Waals surface area contributed by atoms with Gasteiger partial charge in [-0.05, 0) is 60.2 Å². The molecule has 0 saturated carbocycles. The zero-order valence-corrected chi connectivity index (χ0v) is 25.2. The Bertz CT molecular complexity index is 1790. The van der Waals surface area contributed by atoms with E-state index in [1.165, 1.54) is 23.1 Å². The number of amides is 3. The first-order valence-corrected chi connectivity index (χ1v) is 15.3. The normalized spacial score (nSPS) is 11.0. The summed E-state index contributed by atoms with van der Waals surface area (Å²) in [6, 6.07) is 26.8. The molecule has 0 aliphatic rings. The summed E-state index contributed by atoms with van der Waals surface area (Å²) in [5.41, 5.74) is 3.20. The van der Waals surface area contributed by atoms with E-state index in [-0.39, 0.29) is 17.4 Å². The fourth-order valence-corrected chi connectivity index (χ4v) is 5.53. The highest BCUT2D eigenvalue weighted by atomic mass is 32.2. The Kier molecular flexibility index (Phi) is 10.1. The maximum atomic E-state index is 13.3. The Balaban J connectivity index is 1.21. The Hall–Kier alpha value is -5.26. The first kappa shape index (κ1) is 30.2. The van der Waals surface area contributed by atoms with Gasteiger partial charge in [-0.15, -0.1) is 23.1 Å². The zero-order valence-electron chi connectivity index (χ0n) is 23.5. The quantitative estimate of drug-likeness (QED) is 0.116. The predicted octanol–water partition coefficient (Wildman–Crippen LogP) is 6.35. The molecule has 2 aromatic heterocycles. The highest BCUT2D eigenvalue weighted by molar-refractivity contribution is 8.00. The Morgan fingerprint density at radius 3 is 2.55 bits per heavy atom. The average molecular weight is 622 g/mol. The van der Waals surface area contributed by atoms with Crippen LogP contribution in [0.1, 0.15) is 15.9 Å². The molecule has 3 N–H and O–H groups in total. The molecule has 0 fully saturated rings. The number of thiazole rings is 1. The van der Waals surface area contributed by atoms with Crippen LogP contribution in [0.15, 0.2) is 119 Å². The number of methoxy groups -OCH3 is 1. The first-order valence-electron chi connectivity index (χ1n) is 13.4. The Labute approximate surface area is 262 Å². The van der Waals surface area contributed by atoms with Gasteiger partial charge in [0.1, 0.15) is 11.4 Å². The lowest BCUT2D eigenvalue weighted by Crippen LogP contribution is -2.30. The number of thioether (sulfide) groups is 1. The van der Waals surface area contributed by atoms with Gasteiger partial charge in [-0.3, -0.25) is 19.4 Å². The van der Waals surface area contributed by atoms with Crippen molar-refractivity contribution in [2.24, 2.45) is 0 Å². The molecule has 5 aromatic rings. The summed E-state index contributed by atoms with van der Waals surface area (Å²) in [6.07, 6.45) is 4.78. The molecular formula is C33H27N5O4S2. The maximum absolute atomic E-state index is 13.3. The fraction of sp³-hybridized carbons (Fsp3) is 0.0606. The SMILES string of the molecule is COc1ccccc1-c1csc(NC(=O)CSc2cccc(NC(=O)/C(=C/c3cccnc3)NC(=O)c3ccccc3)c2)n1. The second-order valence-corrected chi connectivity index (χ2v) is 11.1. The van der Waals surface area contributed by atoms with Gasteiger partial charge in [0.15, 0.2) is 5.13 Å². The predicted molar refractivity (Wildman–Crippen MR) is 175 cm³/mol. The molecule has 2 heterocycles.